The highest BCUT2D eigenvalue weighted by Crippen LogP contribution is 2.56. The second-order valence-corrected chi connectivity index (χ2v) is 16.0. The number of nitrogens with two attached hydrogens (primary N) is 2. The van der Waals surface area contributed by atoms with Crippen LogP contribution in [-0.2, 0) is 29.6 Å². The zero-order chi connectivity index (χ0) is 42.2. The van der Waals surface area contributed by atoms with Crippen molar-refractivity contribution < 1.29 is 64.5 Å². The fourth-order valence-electron chi connectivity index (χ4n) is 8.36. The average molecular weight is 808 g/mol. The summed E-state index contributed by atoms with van der Waals surface area (Å²) in [5.41, 5.74) is 6.35. The molecule has 3 aliphatic carbocycles. The topological polar surface area (TPSA) is 315 Å². The number of aliphatic hydroxyl groups is 4. The highest BCUT2D eigenvalue weighted by atomic mass is 32.2. The van der Waals surface area contributed by atoms with Crippen LogP contribution in [-0.4, -0.2) is 124 Å². The number of ketones is 2. The van der Waals surface area contributed by atoms with E-state index in [1.54, 1.807) is 6.92 Å². The van der Waals surface area contributed by atoms with E-state index in [2.05, 4.69) is 5.32 Å². The number of aliphatic hydroxyl groups excluding tert-OH is 2. The maximum Gasteiger partial charge on any atom is 0.352 e. The number of benzene rings is 2. The number of primary amides is 1. The molecule has 12 N–H and O–H groups in total. The lowest BCUT2D eigenvalue weighted by molar-refractivity contribution is -0.152. The summed E-state index contributed by atoms with van der Waals surface area (Å²) in [7, 11) is 3.06. The molecule has 3 amide bonds. The molecule has 8 atom stereocenters. The van der Waals surface area contributed by atoms with Gasteiger partial charge in [-0.3, -0.25) is 33.8 Å². The number of Topliss-reactive ketones (excluding diaryl/α,β-unsaturated/α-hetero) is 2. The lowest BCUT2D eigenvalue weighted by atomic mass is 9.55. The van der Waals surface area contributed by atoms with Gasteiger partial charge in [0, 0.05) is 23.2 Å². The van der Waals surface area contributed by atoms with Crippen LogP contribution in [0, 0.1) is 11.8 Å². The minimum absolute atomic E-state index is 0.0120. The van der Waals surface area contributed by atoms with Gasteiger partial charge < -0.3 is 52.5 Å². The predicted octanol–water partition coefficient (Wildman–Crippen LogP) is -0.0639. The van der Waals surface area contributed by atoms with Crippen molar-refractivity contribution in [3.05, 3.63) is 93.1 Å². The van der Waals surface area contributed by atoms with Gasteiger partial charge in [0.25, 0.3) is 11.8 Å². The lowest BCUT2D eigenvalue weighted by Gasteiger charge is -2.52. The van der Waals surface area contributed by atoms with E-state index >= 15 is 0 Å². The van der Waals surface area contributed by atoms with E-state index in [4.69, 9.17) is 11.5 Å². The van der Waals surface area contributed by atoms with Crippen molar-refractivity contribution in [3.8, 4) is 11.5 Å². The Kier molecular flexibility index (Phi) is 10.3. The average Bonchev–Trinajstić information content (AvgIpc) is 3.14. The van der Waals surface area contributed by atoms with Crippen LogP contribution in [0.1, 0.15) is 47.8 Å². The Morgan fingerprint density at radius 1 is 1.02 bits per heavy atom. The molecule has 0 aromatic heterocycles. The number of phenolic OH excluding ortho intramolecular Hbond substituents is 2. The second kappa shape index (κ2) is 14.3. The number of carboxylic acid groups (broad SMARTS) is 1. The van der Waals surface area contributed by atoms with Crippen LogP contribution in [0.5, 0.6) is 11.5 Å². The van der Waals surface area contributed by atoms with Crippen molar-refractivity contribution >= 4 is 47.0 Å². The normalized spacial score (nSPS) is 29.6. The molecular formula is C38H41N5O13S. The molecule has 302 valence electrons. The van der Waals surface area contributed by atoms with Crippen LogP contribution in [0.3, 0.4) is 0 Å². The number of hydrogen-bond donors (Lipinski definition) is 10. The maximum atomic E-state index is 13.3. The van der Waals surface area contributed by atoms with Crippen molar-refractivity contribution in [1.82, 2.24) is 15.1 Å². The van der Waals surface area contributed by atoms with Gasteiger partial charge in [-0.2, -0.15) is 0 Å². The molecule has 2 aromatic rings. The first kappa shape index (κ1) is 40.9. The first-order chi connectivity index (χ1) is 26.6. The Balaban J connectivity index is 0.000000199. The van der Waals surface area contributed by atoms with Gasteiger partial charge in [0.1, 0.15) is 51.7 Å². The molecule has 1 fully saturated rings. The molecule has 1 saturated heterocycles. The zero-order valence-electron chi connectivity index (χ0n) is 31.0. The second-order valence-electron chi connectivity index (χ2n) is 14.9. The van der Waals surface area contributed by atoms with Gasteiger partial charge in [-0.05, 0) is 69.3 Å². The minimum Gasteiger partial charge on any atom is -0.510 e. The Morgan fingerprint density at radius 2 is 1.65 bits per heavy atom. The molecule has 2 aliphatic heterocycles. The van der Waals surface area contributed by atoms with Crippen LogP contribution in [0.2, 0.25) is 0 Å². The molecule has 19 heteroatoms. The van der Waals surface area contributed by atoms with Crippen molar-refractivity contribution in [2.45, 2.75) is 55.0 Å². The number of carboxylic acids is 1. The predicted molar refractivity (Wildman–Crippen MR) is 200 cm³/mol. The smallest absolute Gasteiger partial charge is 0.352 e. The van der Waals surface area contributed by atoms with Crippen molar-refractivity contribution in [2.75, 3.05) is 19.8 Å². The van der Waals surface area contributed by atoms with Crippen LogP contribution in [0.15, 0.2) is 76.4 Å². The summed E-state index contributed by atoms with van der Waals surface area (Å²) in [6, 6.07) is 7.15. The van der Waals surface area contributed by atoms with E-state index < -0.39 is 110 Å². The summed E-state index contributed by atoms with van der Waals surface area (Å²) in [4.78, 5) is 77.1. The third-order valence-corrected chi connectivity index (χ3v) is 12.6. The van der Waals surface area contributed by atoms with E-state index in [1.807, 2.05) is 0 Å². The number of carbonyl (C=O) groups excluding carboxylic acids is 5. The number of hydrogen-bond acceptors (Lipinski definition) is 15. The van der Waals surface area contributed by atoms with E-state index in [0.717, 1.165) is 0 Å². The number of thioether (sulfide) groups is 1. The molecule has 18 nitrogen and oxygen atoms in total. The molecule has 0 radical (unpaired) electrons. The first-order valence-corrected chi connectivity index (χ1v) is 18.6. The molecule has 2 heterocycles. The van der Waals surface area contributed by atoms with Gasteiger partial charge in [-0.15, -0.1) is 11.8 Å². The van der Waals surface area contributed by atoms with Crippen LogP contribution in [0.25, 0.3) is 0 Å². The monoisotopic (exact) mass is 807 g/mol. The summed E-state index contributed by atoms with van der Waals surface area (Å²) < 4.78 is 0. The number of aromatic hydroxyl groups is 2. The zero-order valence-corrected chi connectivity index (χ0v) is 31.8. The number of amides is 3. The largest absolute Gasteiger partial charge is 0.510 e. The Morgan fingerprint density at radius 3 is 2.23 bits per heavy atom. The van der Waals surface area contributed by atoms with E-state index in [9.17, 15) is 64.5 Å². The number of rotatable bonds is 6. The molecule has 57 heavy (non-hydrogen) atoms. The number of fused-ring (bicyclic) bond motifs is 4. The summed E-state index contributed by atoms with van der Waals surface area (Å²) in [5, 5.41) is 75.8. The van der Waals surface area contributed by atoms with Crippen molar-refractivity contribution in [2.24, 2.45) is 23.3 Å². The number of phenols is 2. The molecular weight excluding hydrogens is 767 g/mol. The summed E-state index contributed by atoms with van der Waals surface area (Å²) in [5.74, 6) is -9.50. The van der Waals surface area contributed by atoms with E-state index in [0.29, 0.717) is 16.9 Å². The number of β-lactam (4-membered cyclic amide) rings is 1. The molecule has 5 aliphatic rings. The van der Waals surface area contributed by atoms with Crippen LogP contribution in [0.4, 0.5) is 0 Å². The van der Waals surface area contributed by atoms with Gasteiger partial charge >= 0.3 is 5.97 Å². The van der Waals surface area contributed by atoms with Gasteiger partial charge in [0.2, 0.25) is 11.7 Å². The molecule has 7 rings (SSSR count). The molecule has 0 spiro atoms. The third-order valence-electron chi connectivity index (χ3n) is 11.2. The van der Waals surface area contributed by atoms with Gasteiger partial charge in [0.15, 0.2) is 11.4 Å². The Labute approximate surface area is 328 Å². The first-order valence-electron chi connectivity index (χ1n) is 17.5. The van der Waals surface area contributed by atoms with E-state index in [-0.39, 0.29) is 29.0 Å². The quantitative estimate of drug-likeness (QED) is 0.135. The van der Waals surface area contributed by atoms with Crippen LogP contribution < -0.4 is 16.8 Å². The van der Waals surface area contributed by atoms with Gasteiger partial charge in [0.05, 0.1) is 17.2 Å². The minimum atomic E-state index is -2.75. The number of nitrogens with one attached hydrogen (secondary N) is 1. The number of likely N-dealkylation sites (N-methyl/N-ethyl adjacent to an activating group) is 1. The number of aliphatic carboxylic acids is 1. The lowest BCUT2D eigenvalue weighted by Crippen LogP contribution is -2.71. The summed E-state index contributed by atoms with van der Waals surface area (Å²) in [6.45, 7) is 3.08. The summed E-state index contributed by atoms with van der Waals surface area (Å²) >= 11 is 1.40. The highest BCUT2D eigenvalue weighted by Gasteiger charge is 2.65. The summed E-state index contributed by atoms with van der Waals surface area (Å²) in [6.07, 6.45) is -0.200. The van der Waals surface area contributed by atoms with Crippen LogP contribution >= 0.6 is 11.8 Å². The molecule has 2 aromatic carbocycles. The fourth-order valence-corrected chi connectivity index (χ4v) is 9.65. The standard InChI is InChI=1S/C22H24N2O8.C16H17N3O5S/c1-21(31)8-5-4-6-11(25)12(8)16(26)13-9(21)7-10-15(24(2)3)17(27)14(20(23)30)19(29)22(10,32)18(13)28;1-7-6-25-15-11(14(22)19(15)12(7)16(23)24)18-13(21)10(17)8-2-4-9(20)5-3-8/h4-6,9-10,15,25,27-28,31-32H,7H2,1-3H3,(H2,23,30);2-5,10-11,15,20H,6,17H2,1H3,(H,18,21)(H,23,24)/t9-,10-,15-,21+,22-;10?,11-,15-/m01/s1. The maximum absolute atomic E-state index is 13.3. The number of carbonyl (C=O) groups is 6. The highest BCUT2D eigenvalue weighted by molar-refractivity contribution is 8.00. The van der Waals surface area contributed by atoms with Crippen molar-refractivity contribution in [3.63, 3.8) is 0 Å². The Bertz CT molecular complexity index is 2230. The fraction of sp³-hybridized carbons (Fsp3) is 0.368. The van der Waals surface area contributed by atoms with E-state index in [1.165, 1.54) is 85.0 Å². The van der Waals surface area contributed by atoms with Gasteiger partial charge in [-0.1, -0.05) is 24.3 Å². The third kappa shape index (κ3) is 6.22. The molecule has 0 saturated carbocycles. The Hall–Kier alpha value is -5.73. The molecule has 1 unspecified atom stereocenters. The van der Waals surface area contributed by atoms with Crippen molar-refractivity contribution in [1.29, 1.82) is 0 Å². The van der Waals surface area contributed by atoms with Gasteiger partial charge in [-0.25, -0.2) is 4.79 Å². The number of nitrogens with zero attached hydrogens (tertiary/aromatic N) is 2. The SMILES string of the molecule is CC1=C(C(=O)O)N2C(=O)[C@@H](NC(=O)C(N)c3ccc(O)cc3)[C@H]2SC1.CN(C)[C@@H]1C(O)=C(C(N)=O)C(=O)[C@@]2(O)C(O)=C3C(=O)c4c(O)cccc4[C@@](C)(O)[C@H]3C[C@@H]12. The molecule has 0 bridgehead atoms.